The smallest absolute Gasteiger partial charge is 0.303 e. The molecular weight excluding hydrogens is 222 g/mol. The van der Waals surface area contributed by atoms with Crippen LogP contribution in [0.2, 0.25) is 0 Å². The van der Waals surface area contributed by atoms with Gasteiger partial charge in [0.2, 0.25) is 0 Å². The van der Waals surface area contributed by atoms with Gasteiger partial charge in [-0.05, 0) is 6.92 Å². The number of hydrogen-bond donors (Lipinski definition) is 1. The monoisotopic (exact) mass is 235 g/mol. The van der Waals surface area contributed by atoms with Gasteiger partial charge in [-0.15, -0.1) is 0 Å². The third-order valence-corrected chi connectivity index (χ3v) is 2.71. The van der Waals surface area contributed by atoms with E-state index in [1.54, 1.807) is 18.0 Å². The maximum absolute atomic E-state index is 11.8. The van der Waals surface area contributed by atoms with Crippen LogP contribution in [-0.4, -0.2) is 44.9 Å². The SMILES string of the molecule is Cc1cnc(C(=O)N2CC(CC(=O)O)C2)cn1. The lowest BCUT2D eigenvalue weighted by molar-refractivity contribution is -0.139. The zero-order valence-corrected chi connectivity index (χ0v) is 9.46. The Morgan fingerprint density at radius 1 is 1.41 bits per heavy atom. The molecule has 6 nitrogen and oxygen atoms in total. The topological polar surface area (TPSA) is 83.4 Å². The van der Waals surface area contributed by atoms with E-state index in [0.29, 0.717) is 18.8 Å². The molecule has 6 heteroatoms. The highest BCUT2D eigenvalue weighted by Gasteiger charge is 2.33. The average molecular weight is 235 g/mol. The van der Waals surface area contributed by atoms with E-state index in [0.717, 1.165) is 5.69 Å². The van der Waals surface area contributed by atoms with Crippen molar-refractivity contribution in [2.24, 2.45) is 5.92 Å². The summed E-state index contributed by atoms with van der Waals surface area (Å²) < 4.78 is 0. The molecule has 1 aromatic heterocycles. The van der Waals surface area contributed by atoms with Crippen molar-refractivity contribution in [2.75, 3.05) is 13.1 Å². The highest BCUT2D eigenvalue weighted by atomic mass is 16.4. The van der Waals surface area contributed by atoms with Gasteiger partial charge < -0.3 is 10.0 Å². The maximum atomic E-state index is 11.8. The number of amides is 1. The first kappa shape index (κ1) is 11.5. The Balaban J connectivity index is 1.91. The number of aromatic nitrogens is 2. The third kappa shape index (κ3) is 2.58. The fourth-order valence-corrected chi connectivity index (χ4v) is 1.78. The fourth-order valence-electron chi connectivity index (χ4n) is 1.78. The van der Waals surface area contributed by atoms with Gasteiger partial charge in [-0.3, -0.25) is 14.6 Å². The molecule has 1 aromatic rings. The molecule has 1 saturated heterocycles. The molecule has 0 radical (unpaired) electrons. The molecule has 0 atom stereocenters. The summed E-state index contributed by atoms with van der Waals surface area (Å²) in [6.45, 7) is 2.77. The van der Waals surface area contributed by atoms with Crippen molar-refractivity contribution < 1.29 is 14.7 Å². The van der Waals surface area contributed by atoms with E-state index in [4.69, 9.17) is 5.11 Å². The second-order valence-electron chi connectivity index (χ2n) is 4.22. The molecular formula is C11H13N3O3. The minimum atomic E-state index is -0.822. The molecule has 17 heavy (non-hydrogen) atoms. The van der Waals surface area contributed by atoms with Crippen molar-refractivity contribution in [3.63, 3.8) is 0 Å². The van der Waals surface area contributed by atoms with Crippen LogP contribution in [0.25, 0.3) is 0 Å². The predicted molar refractivity (Wildman–Crippen MR) is 58.4 cm³/mol. The van der Waals surface area contributed by atoms with Gasteiger partial charge in [0, 0.05) is 25.2 Å². The average Bonchev–Trinajstić information content (AvgIpc) is 2.23. The quantitative estimate of drug-likeness (QED) is 0.816. The Bertz CT molecular complexity index is 438. The van der Waals surface area contributed by atoms with Crippen LogP contribution in [0.15, 0.2) is 12.4 Å². The molecule has 1 amide bonds. The minimum Gasteiger partial charge on any atom is -0.481 e. The second kappa shape index (κ2) is 4.48. The number of carbonyl (C=O) groups is 2. The van der Waals surface area contributed by atoms with Gasteiger partial charge >= 0.3 is 5.97 Å². The molecule has 0 saturated carbocycles. The molecule has 0 spiro atoms. The third-order valence-electron chi connectivity index (χ3n) is 2.71. The highest BCUT2D eigenvalue weighted by molar-refractivity contribution is 5.92. The van der Waals surface area contributed by atoms with Crippen LogP contribution >= 0.6 is 0 Å². The lowest BCUT2D eigenvalue weighted by atomic mass is 9.96. The molecule has 1 aliphatic rings. The molecule has 90 valence electrons. The molecule has 2 rings (SSSR count). The first-order valence-electron chi connectivity index (χ1n) is 5.36. The summed E-state index contributed by atoms with van der Waals surface area (Å²) in [5, 5.41) is 8.60. The molecule has 0 aliphatic carbocycles. The van der Waals surface area contributed by atoms with Gasteiger partial charge in [0.25, 0.3) is 5.91 Å². The van der Waals surface area contributed by atoms with Gasteiger partial charge in [-0.1, -0.05) is 0 Å². The summed E-state index contributed by atoms with van der Waals surface area (Å²) in [6, 6.07) is 0. The summed E-state index contributed by atoms with van der Waals surface area (Å²) in [6.07, 6.45) is 3.10. The Hall–Kier alpha value is -1.98. The summed E-state index contributed by atoms with van der Waals surface area (Å²) in [4.78, 5) is 31.9. The van der Waals surface area contributed by atoms with E-state index in [1.807, 2.05) is 0 Å². The van der Waals surface area contributed by atoms with Crippen molar-refractivity contribution in [1.82, 2.24) is 14.9 Å². The van der Waals surface area contributed by atoms with E-state index < -0.39 is 5.97 Å². The number of carbonyl (C=O) groups excluding carboxylic acids is 1. The van der Waals surface area contributed by atoms with E-state index in [9.17, 15) is 9.59 Å². The first-order chi connectivity index (χ1) is 8.06. The predicted octanol–water partition coefficient (Wildman–Crippen LogP) is 0.332. The zero-order chi connectivity index (χ0) is 12.4. The largest absolute Gasteiger partial charge is 0.481 e. The Kier molecular flexibility index (Phi) is 3.03. The number of hydrogen-bond acceptors (Lipinski definition) is 4. The Morgan fingerprint density at radius 3 is 2.65 bits per heavy atom. The molecule has 1 aliphatic heterocycles. The van der Waals surface area contributed by atoms with Crippen LogP contribution in [0.1, 0.15) is 22.6 Å². The van der Waals surface area contributed by atoms with E-state index in [1.165, 1.54) is 6.20 Å². The normalized spacial score (nSPS) is 15.5. The molecule has 2 heterocycles. The number of likely N-dealkylation sites (tertiary alicyclic amines) is 1. The van der Waals surface area contributed by atoms with Gasteiger partial charge in [0.05, 0.1) is 18.3 Å². The Labute approximate surface area is 98.3 Å². The van der Waals surface area contributed by atoms with Crippen LogP contribution in [0.5, 0.6) is 0 Å². The molecule has 0 bridgehead atoms. The van der Waals surface area contributed by atoms with Crippen molar-refractivity contribution in [2.45, 2.75) is 13.3 Å². The van der Waals surface area contributed by atoms with Gasteiger partial charge in [0.1, 0.15) is 5.69 Å². The van der Waals surface area contributed by atoms with Crippen molar-refractivity contribution in [3.8, 4) is 0 Å². The van der Waals surface area contributed by atoms with Crippen molar-refractivity contribution in [3.05, 3.63) is 23.8 Å². The highest BCUT2D eigenvalue weighted by Crippen LogP contribution is 2.20. The van der Waals surface area contributed by atoms with Gasteiger partial charge in [0.15, 0.2) is 0 Å². The van der Waals surface area contributed by atoms with E-state index >= 15 is 0 Å². The standard InChI is InChI=1S/C11H13N3O3/c1-7-3-13-9(4-12-7)11(17)14-5-8(6-14)2-10(15)16/h3-4,8H,2,5-6H2,1H3,(H,15,16). The minimum absolute atomic E-state index is 0.0647. The molecule has 0 unspecified atom stereocenters. The second-order valence-corrected chi connectivity index (χ2v) is 4.22. The fraction of sp³-hybridized carbons (Fsp3) is 0.455. The van der Waals surface area contributed by atoms with Crippen LogP contribution in [0.4, 0.5) is 0 Å². The molecule has 1 N–H and O–H groups in total. The first-order valence-corrected chi connectivity index (χ1v) is 5.36. The number of carboxylic acids is 1. The summed E-state index contributed by atoms with van der Waals surface area (Å²) in [5.74, 6) is -0.939. The maximum Gasteiger partial charge on any atom is 0.303 e. The zero-order valence-electron chi connectivity index (χ0n) is 9.46. The summed E-state index contributed by atoms with van der Waals surface area (Å²) in [7, 11) is 0. The van der Waals surface area contributed by atoms with Crippen LogP contribution in [-0.2, 0) is 4.79 Å². The van der Waals surface area contributed by atoms with Crippen LogP contribution in [0.3, 0.4) is 0 Å². The van der Waals surface area contributed by atoms with E-state index in [2.05, 4.69) is 9.97 Å². The summed E-state index contributed by atoms with van der Waals surface area (Å²) in [5.41, 5.74) is 1.07. The van der Waals surface area contributed by atoms with Crippen molar-refractivity contribution >= 4 is 11.9 Å². The number of nitrogens with zero attached hydrogens (tertiary/aromatic N) is 3. The van der Waals surface area contributed by atoms with Crippen LogP contribution < -0.4 is 0 Å². The summed E-state index contributed by atoms with van der Waals surface area (Å²) >= 11 is 0. The van der Waals surface area contributed by atoms with Gasteiger partial charge in [-0.2, -0.15) is 0 Å². The lowest BCUT2D eigenvalue weighted by Gasteiger charge is -2.38. The van der Waals surface area contributed by atoms with Crippen LogP contribution in [0, 0.1) is 12.8 Å². The number of aryl methyl sites for hydroxylation is 1. The number of rotatable bonds is 3. The number of aliphatic carboxylic acids is 1. The Morgan fingerprint density at radius 2 is 2.12 bits per heavy atom. The van der Waals surface area contributed by atoms with E-state index in [-0.39, 0.29) is 18.2 Å². The van der Waals surface area contributed by atoms with Crippen molar-refractivity contribution in [1.29, 1.82) is 0 Å². The number of carboxylic acid groups (broad SMARTS) is 1. The molecule has 0 aromatic carbocycles. The molecule has 1 fully saturated rings. The van der Waals surface area contributed by atoms with Gasteiger partial charge in [-0.25, -0.2) is 4.98 Å². The lowest BCUT2D eigenvalue weighted by Crippen LogP contribution is -2.50.